The van der Waals surface area contributed by atoms with Gasteiger partial charge in [-0.1, -0.05) is 109 Å². The molecule has 4 saturated carbocycles. The van der Waals surface area contributed by atoms with E-state index in [9.17, 15) is 0 Å². The lowest BCUT2D eigenvalue weighted by Gasteiger charge is -2.61. The zero-order valence-electron chi connectivity index (χ0n) is 28.9. The van der Waals surface area contributed by atoms with Crippen molar-refractivity contribution in [1.29, 1.82) is 0 Å². The highest BCUT2D eigenvalue weighted by Crippen LogP contribution is 2.71. The summed E-state index contributed by atoms with van der Waals surface area (Å²) in [6.45, 7) is 0. The molecule has 0 N–H and O–H groups in total. The van der Waals surface area contributed by atoms with Crippen LogP contribution >= 0.6 is 22.7 Å². The Bertz CT molecular complexity index is 2960. The van der Waals surface area contributed by atoms with Crippen LogP contribution in [0.15, 0.2) is 133 Å². The number of fused-ring (bicyclic) bond motifs is 11. The van der Waals surface area contributed by atoms with Gasteiger partial charge in [0.05, 0.1) is 0 Å². The summed E-state index contributed by atoms with van der Waals surface area (Å²) in [5.41, 5.74) is 11.8. The van der Waals surface area contributed by atoms with Crippen molar-refractivity contribution in [3.8, 4) is 33.4 Å². The molecule has 14 rings (SSSR count). The molecule has 248 valence electrons. The first-order valence-corrected chi connectivity index (χ1v) is 20.9. The van der Waals surface area contributed by atoms with Crippen LogP contribution in [0.5, 0.6) is 0 Å². The highest BCUT2D eigenvalue weighted by Gasteiger charge is 2.62. The van der Waals surface area contributed by atoms with Gasteiger partial charge in [-0.15, -0.1) is 22.7 Å². The standard InChI is InChI=1S/C50H36S2/c1-2-10-35-34(9-1)33(30-17-18-39-38-12-4-7-15-44(38)51-46(39)26-30)19-20-36(35)41-27-42-37-11-3-6-14-43(37)50(31-22-28-21-29(24-31)25-32(50)23-28)48(42)49-47(41)40-13-5-8-16-45(40)52-49/h1-20,26-29,31-32H,21-25H2. The number of thiophene rings is 2. The van der Waals surface area contributed by atoms with Crippen molar-refractivity contribution in [1.82, 2.24) is 0 Å². The molecule has 2 heteroatoms. The summed E-state index contributed by atoms with van der Waals surface area (Å²) >= 11 is 3.98. The summed E-state index contributed by atoms with van der Waals surface area (Å²) in [6, 6.07) is 51.5. The third-order valence-electron chi connectivity index (χ3n) is 14.1. The third kappa shape index (κ3) is 3.58. The second-order valence-corrected chi connectivity index (χ2v) is 18.5. The Morgan fingerprint density at radius 2 is 1.04 bits per heavy atom. The first kappa shape index (κ1) is 28.8. The van der Waals surface area contributed by atoms with Crippen LogP contribution in [-0.4, -0.2) is 0 Å². The largest absolute Gasteiger partial charge is 0.135 e. The Labute approximate surface area is 311 Å². The Kier molecular flexibility index (Phi) is 5.66. The maximum Gasteiger partial charge on any atom is 0.0409 e. The fourth-order valence-electron chi connectivity index (χ4n) is 12.4. The average molecular weight is 701 g/mol. The summed E-state index contributed by atoms with van der Waals surface area (Å²) in [4.78, 5) is 0. The molecular formula is C50H36S2. The van der Waals surface area contributed by atoms with E-state index >= 15 is 0 Å². The lowest BCUT2D eigenvalue weighted by molar-refractivity contribution is -0.0393. The van der Waals surface area contributed by atoms with Gasteiger partial charge in [-0.05, 0) is 135 Å². The van der Waals surface area contributed by atoms with Gasteiger partial charge in [-0.3, -0.25) is 0 Å². The molecular weight excluding hydrogens is 665 g/mol. The predicted octanol–water partition coefficient (Wildman–Crippen LogP) is 14.6. The van der Waals surface area contributed by atoms with E-state index in [4.69, 9.17) is 0 Å². The first-order valence-electron chi connectivity index (χ1n) is 19.3. The molecule has 0 atom stereocenters. The van der Waals surface area contributed by atoms with Crippen LogP contribution < -0.4 is 0 Å². The van der Waals surface area contributed by atoms with E-state index in [1.165, 1.54) is 112 Å². The molecule has 4 bridgehead atoms. The molecule has 0 saturated heterocycles. The van der Waals surface area contributed by atoms with E-state index in [0.29, 0.717) is 0 Å². The molecule has 4 fully saturated rings. The van der Waals surface area contributed by atoms with E-state index < -0.39 is 0 Å². The van der Waals surface area contributed by atoms with E-state index in [0.717, 1.165) is 23.7 Å². The van der Waals surface area contributed by atoms with E-state index in [2.05, 4.69) is 145 Å². The zero-order chi connectivity index (χ0) is 33.7. The van der Waals surface area contributed by atoms with Gasteiger partial charge in [0.25, 0.3) is 0 Å². The van der Waals surface area contributed by atoms with Crippen molar-refractivity contribution in [2.45, 2.75) is 37.5 Å². The SMILES string of the molecule is c1ccc2c(c1)-c1cc(-c3ccc(-c4ccc5c(c4)sc4ccccc45)c4ccccc34)c3c(sc4ccccc43)c1C21C2CC3CC(C2)CC1C3. The predicted molar refractivity (Wildman–Crippen MR) is 224 cm³/mol. The van der Waals surface area contributed by atoms with E-state index in [-0.39, 0.29) is 5.41 Å². The van der Waals surface area contributed by atoms with E-state index in [1.54, 1.807) is 15.8 Å². The molecule has 7 aromatic carbocycles. The molecule has 0 amide bonds. The molecule has 5 aliphatic rings. The maximum absolute atomic E-state index is 2.65. The number of hydrogen-bond acceptors (Lipinski definition) is 2. The summed E-state index contributed by atoms with van der Waals surface area (Å²) in [5.74, 6) is 3.38. The zero-order valence-corrected chi connectivity index (χ0v) is 30.5. The summed E-state index contributed by atoms with van der Waals surface area (Å²) in [5, 5.41) is 8.26. The van der Waals surface area contributed by atoms with Gasteiger partial charge in [0, 0.05) is 45.8 Å². The van der Waals surface area contributed by atoms with Crippen LogP contribution in [0.1, 0.15) is 43.2 Å². The molecule has 2 heterocycles. The van der Waals surface area contributed by atoms with Crippen LogP contribution in [0.4, 0.5) is 0 Å². The first-order chi connectivity index (χ1) is 25.7. The van der Waals surface area contributed by atoms with Gasteiger partial charge in [0.1, 0.15) is 0 Å². The molecule has 0 unspecified atom stereocenters. The maximum atomic E-state index is 2.65. The van der Waals surface area contributed by atoms with Gasteiger partial charge in [-0.2, -0.15) is 0 Å². The van der Waals surface area contributed by atoms with Crippen molar-refractivity contribution < 1.29 is 0 Å². The van der Waals surface area contributed by atoms with Gasteiger partial charge in [0.2, 0.25) is 0 Å². The Morgan fingerprint density at radius 3 is 1.83 bits per heavy atom. The van der Waals surface area contributed by atoms with Crippen molar-refractivity contribution in [3.63, 3.8) is 0 Å². The van der Waals surface area contributed by atoms with Crippen LogP contribution in [0, 0.1) is 23.7 Å². The topological polar surface area (TPSA) is 0 Å². The Balaban J connectivity index is 1.09. The molecule has 9 aromatic rings. The number of hydrogen-bond donors (Lipinski definition) is 0. The van der Waals surface area contributed by atoms with Crippen molar-refractivity contribution in [2.24, 2.45) is 23.7 Å². The monoisotopic (exact) mass is 700 g/mol. The third-order valence-corrected chi connectivity index (χ3v) is 16.4. The van der Waals surface area contributed by atoms with Gasteiger partial charge >= 0.3 is 0 Å². The lowest BCUT2D eigenvalue weighted by Crippen LogP contribution is -2.55. The Morgan fingerprint density at radius 1 is 0.423 bits per heavy atom. The van der Waals surface area contributed by atoms with Crippen LogP contribution in [0.25, 0.3) is 84.5 Å². The smallest absolute Gasteiger partial charge is 0.0409 e. The molecule has 0 radical (unpaired) electrons. The molecule has 52 heavy (non-hydrogen) atoms. The summed E-state index contributed by atoms with van der Waals surface area (Å²) < 4.78 is 5.69. The van der Waals surface area contributed by atoms with Crippen molar-refractivity contribution >= 4 is 73.8 Å². The average Bonchev–Trinajstić information content (AvgIpc) is 3.84. The fraction of sp³-hybridized carbons (Fsp3) is 0.200. The fourth-order valence-corrected chi connectivity index (χ4v) is 14.9. The minimum atomic E-state index is 0.147. The van der Waals surface area contributed by atoms with Gasteiger partial charge < -0.3 is 0 Å². The highest BCUT2D eigenvalue weighted by atomic mass is 32.1. The van der Waals surface area contributed by atoms with Gasteiger partial charge in [-0.25, -0.2) is 0 Å². The Hall–Kier alpha value is -4.76. The lowest BCUT2D eigenvalue weighted by atomic mass is 9.43. The highest BCUT2D eigenvalue weighted by molar-refractivity contribution is 7.26. The molecule has 2 aromatic heterocycles. The number of benzene rings is 7. The normalized spacial score (nSPS) is 24.2. The minimum Gasteiger partial charge on any atom is -0.135 e. The quantitative estimate of drug-likeness (QED) is 0.168. The van der Waals surface area contributed by atoms with E-state index in [1.807, 2.05) is 11.3 Å². The van der Waals surface area contributed by atoms with Crippen LogP contribution in [0.3, 0.4) is 0 Å². The van der Waals surface area contributed by atoms with Crippen LogP contribution in [0.2, 0.25) is 0 Å². The van der Waals surface area contributed by atoms with Gasteiger partial charge in [0.15, 0.2) is 0 Å². The molecule has 1 spiro atoms. The second-order valence-electron chi connectivity index (χ2n) is 16.4. The molecule has 0 nitrogen and oxygen atoms in total. The van der Waals surface area contributed by atoms with Crippen LogP contribution in [-0.2, 0) is 5.41 Å². The summed E-state index contributed by atoms with van der Waals surface area (Å²) in [6.07, 6.45) is 7.13. The summed E-state index contributed by atoms with van der Waals surface area (Å²) in [7, 11) is 0. The van der Waals surface area contributed by atoms with Crippen molar-refractivity contribution in [3.05, 3.63) is 145 Å². The molecule has 0 aliphatic heterocycles. The number of rotatable bonds is 2. The van der Waals surface area contributed by atoms with Crippen molar-refractivity contribution in [2.75, 3.05) is 0 Å². The molecule has 5 aliphatic carbocycles. The minimum absolute atomic E-state index is 0.147. The second kappa shape index (κ2) is 10.2.